The number of rotatable bonds is 5. The van der Waals surface area contributed by atoms with Crippen LogP contribution in [0, 0.1) is 5.92 Å². The van der Waals surface area contributed by atoms with Gasteiger partial charge in [-0.1, -0.05) is 30.3 Å². The summed E-state index contributed by atoms with van der Waals surface area (Å²) in [6.07, 6.45) is 2.20. The molecule has 7 heteroatoms. The minimum Gasteiger partial charge on any atom is -0.482 e. The molecule has 7 nitrogen and oxygen atoms in total. The van der Waals surface area contributed by atoms with Crippen molar-refractivity contribution in [3.8, 4) is 5.75 Å². The highest BCUT2D eigenvalue weighted by atomic mass is 16.5. The molecule has 0 bridgehead atoms. The smallest absolute Gasteiger partial charge is 0.289 e. The Morgan fingerprint density at radius 3 is 2.50 bits per heavy atom. The predicted molar refractivity (Wildman–Crippen MR) is 93.6 cm³/mol. The van der Waals surface area contributed by atoms with Gasteiger partial charge in [-0.05, 0) is 18.4 Å². The Labute approximate surface area is 150 Å². The summed E-state index contributed by atoms with van der Waals surface area (Å²) in [5, 5.41) is 0. The second kappa shape index (κ2) is 7.86. The van der Waals surface area contributed by atoms with E-state index in [0.717, 1.165) is 17.9 Å². The van der Waals surface area contributed by atoms with Crippen LogP contribution >= 0.6 is 0 Å². The number of hydrogen-bond donors (Lipinski definition) is 1. The quantitative estimate of drug-likeness (QED) is 0.876. The van der Waals surface area contributed by atoms with E-state index in [1.807, 2.05) is 30.3 Å². The zero-order valence-corrected chi connectivity index (χ0v) is 14.2. The molecular weight excluding hydrogens is 336 g/mol. The number of carbonyl (C=O) groups is 2. The van der Waals surface area contributed by atoms with Gasteiger partial charge in [0.1, 0.15) is 12.9 Å². The molecule has 136 valence electrons. The molecule has 0 unspecified atom stereocenters. The van der Waals surface area contributed by atoms with Gasteiger partial charge in [-0.15, -0.1) is 0 Å². The SMILES string of the molecule is NC(=O)C1CCN(C(=O)c2cc(=O)c(OCc3ccccc3)co2)CC1. The van der Waals surface area contributed by atoms with Crippen LogP contribution in [0.3, 0.4) is 0 Å². The second-order valence-electron chi connectivity index (χ2n) is 6.22. The van der Waals surface area contributed by atoms with Gasteiger partial charge < -0.3 is 19.8 Å². The van der Waals surface area contributed by atoms with E-state index in [9.17, 15) is 14.4 Å². The minimum absolute atomic E-state index is 0.0420. The van der Waals surface area contributed by atoms with Crippen molar-refractivity contribution < 1.29 is 18.7 Å². The molecule has 0 spiro atoms. The first-order valence-corrected chi connectivity index (χ1v) is 8.43. The molecule has 2 amide bonds. The number of benzene rings is 1. The van der Waals surface area contributed by atoms with Crippen LogP contribution in [0.2, 0.25) is 0 Å². The third-order valence-electron chi connectivity index (χ3n) is 4.43. The van der Waals surface area contributed by atoms with E-state index < -0.39 is 5.43 Å². The van der Waals surface area contributed by atoms with Crippen LogP contribution in [0.25, 0.3) is 0 Å². The average Bonchev–Trinajstić information content (AvgIpc) is 2.67. The van der Waals surface area contributed by atoms with Crippen molar-refractivity contribution in [2.45, 2.75) is 19.4 Å². The summed E-state index contributed by atoms with van der Waals surface area (Å²) in [5.74, 6) is -0.916. The number of ether oxygens (including phenoxy) is 1. The van der Waals surface area contributed by atoms with Crippen LogP contribution in [-0.2, 0) is 11.4 Å². The summed E-state index contributed by atoms with van der Waals surface area (Å²) in [5.41, 5.74) is 5.80. The molecule has 1 aromatic carbocycles. The maximum Gasteiger partial charge on any atom is 0.289 e. The molecule has 2 N–H and O–H groups in total. The topological polar surface area (TPSA) is 103 Å². The van der Waals surface area contributed by atoms with Gasteiger partial charge in [0.25, 0.3) is 5.91 Å². The first-order valence-electron chi connectivity index (χ1n) is 8.43. The molecule has 0 aliphatic carbocycles. The van der Waals surface area contributed by atoms with Gasteiger partial charge in [0.2, 0.25) is 17.1 Å². The van der Waals surface area contributed by atoms with Crippen LogP contribution in [0.15, 0.2) is 51.9 Å². The zero-order chi connectivity index (χ0) is 18.5. The Bertz CT molecular complexity index is 839. The lowest BCUT2D eigenvalue weighted by Crippen LogP contribution is -2.41. The maximum atomic E-state index is 12.5. The summed E-state index contributed by atoms with van der Waals surface area (Å²) in [4.78, 5) is 37.4. The number of primary amides is 1. The largest absolute Gasteiger partial charge is 0.482 e. The molecule has 0 radical (unpaired) electrons. The molecule has 2 heterocycles. The van der Waals surface area contributed by atoms with Crippen LogP contribution in [0.4, 0.5) is 0 Å². The molecule has 2 aromatic rings. The van der Waals surface area contributed by atoms with E-state index in [4.69, 9.17) is 14.9 Å². The first kappa shape index (κ1) is 17.7. The maximum absolute atomic E-state index is 12.5. The molecule has 1 saturated heterocycles. The molecule has 0 saturated carbocycles. The van der Waals surface area contributed by atoms with Gasteiger partial charge in [0.15, 0.2) is 5.76 Å². The van der Waals surface area contributed by atoms with Crippen molar-refractivity contribution in [3.05, 3.63) is 64.2 Å². The normalized spacial score (nSPS) is 14.8. The molecule has 0 atom stereocenters. The van der Waals surface area contributed by atoms with Gasteiger partial charge in [0, 0.05) is 25.1 Å². The molecule has 3 rings (SSSR count). The number of nitrogens with zero attached hydrogens (tertiary/aromatic N) is 1. The van der Waals surface area contributed by atoms with E-state index in [2.05, 4.69) is 0 Å². The first-order chi connectivity index (χ1) is 12.5. The highest BCUT2D eigenvalue weighted by molar-refractivity contribution is 5.91. The lowest BCUT2D eigenvalue weighted by Gasteiger charge is -2.30. The number of carbonyl (C=O) groups excluding carboxylic acids is 2. The Kier molecular flexibility index (Phi) is 5.36. The number of amides is 2. The lowest BCUT2D eigenvalue weighted by atomic mass is 9.96. The highest BCUT2D eigenvalue weighted by Gasteiger charge is 2.27. The molecule has 1 fully saturated rings. The second-order valence-corrected chi connectivity index (χ2v) is 6.22. The molecule has 1 aliphatic heterocycles. The van der Waals surface area contributed by atoms with Crippen LogP contribution in [-0.4, -0.2) is 29.8 Å². The summed E-state index contributed by atoms with van der Waals surface area (Å²) >= 11 is 0. The number of nitrogens with two attached hydrogens (primary N) is 1. The summed E-state index contributed by atoms with van der Waals surface area (Å²) in [7, 11) is 0. The highest BCUT2D eigenvalue weighted by Crippen LogP contribution is 2.19. The average molecular weight is 356 g/mol. The Morgan fingerprint density at radius 1 is 1.19 bits per heavy atom. The van der Waals surface area contributed by atoms with E-state index in [0.29, 0.717) is 25.9 Å². The fourth-order valence-corrected chi connectivity index (χ4v) is 2.87. The van der Waals surface area contributed by atoms with E-state index >= 15 is 0 Å². The van der Waals surface area contributed by atoms with Crippen molar-refractivity contribution >= 4 is 11.8 Å². The molecule has 1 aliphatic rings. The fraction of sp³-hybridized carbons (Fsp3) is 0.316. The standard InChI is InChI=1S/C19H20N2O5/c20-18(23)14-6-8-21(9-7-14)19(24)16-10-15(22)17(12-26-16)25-11-13-4-2-1-3-5-13/h1-5,10,12,14H,6-9,11H2,(H2,20,23). The molecule has 26 heavy (non-hydrogen) atoms. The third kappa shape index (κ3) is 4.11. The van der Waals surface area contributed by atoms with E-state index in [-0.39, 0.29) is 35.8 Å². The van der Waals surface area contributed by atoms with Gasteiger partial charge in [-0.25, -0.2) is 0 Å². The van der Waals surface area contributed by atoms with Gasteiger partial charge in [-0.3, -0.25) is 14.4 Å². The van der Waals surface area contributed by atoms with Crippen LogP contribution in [0.5, 0.6) is 5.75 Å². The van der Waals surface area contributed by atoms with Crippen LogP contribution in [0.1, 0.15) is 29.0 Å². The number of piperidine rings is 1. The van der Waals surface area contributed by atoms with E-state index in [1.54, 1.807) is 4.90 Å². The number of likely N-dealkylation sites (tertiary alicyclic amines) is 1. The summed E-state index contributed by atoms with van der Waals surface area (Å²) < 4.78 is 10.8. The fourth-order valence-electron chi connectivity index (χ4n) is 2.87. The van der Waals surface area contributed by atoms with Crippen molar-refractivity contribution in [1.29, 1.82) is 0 Å². The molecular formula is C19H20N2O5. The Hall–Kier alpha value is -3.09. The van der Waals surface area contributed by atoms with Crippen LogP contribution < -0.4 is 15.9 Å². The third-order valence-corrected chi connectivity index (χ3v) is 4.43. The monoisotopic (exact) mass is 356 g/mol. The van der Waals surface area contributed by atoms with E-state index in [1.165, 1.54) is 0 Å². The van der Waals surface area contributed by atoms with Crippen molar-refractivity contribution in [2.24, 2.45) is 11.7 Å². The van der Waals surface area contributed by atoms with Gasteiger partial charge in [0.05, 0.1) is 0 Å². The zero-order valence-electron chi connectivity index (χ0n) is 14.2. The summed E-state index contributed by atoms with van der Waals surface area (Å²) in [6, 6.07) is 10.6. The number of hydrogen-bond acceptors (Lipinski definition) is 5. The lowest BCUT2D eigenvalue weighted by molar-refractivity contribution is -0.123. The predicted octanol–water partition coefficient (Wildman–Crippen LogP) is 1.56. The van der Waals surface area contributed by atoms with Gasteiger partial charge in [-0.2, -0.15) is 0 Å². The van der Waals surface area contributed by atoms with Crippen molar-refractivity contribution in [3.63, 3.8) is 0 Å². The molecule has 1 aromatic heterocycles. The Balaban J connectivity index is 1.63. The van der Waals surface area contributed by atoms with Crippen molar-refractivity contribution in [2.75, 3.05) is 13.1 Å². The minimum atomic E-state index is -0.414. The Morgan fingerprint density at radius 2 is 1.88 bits per heavy atom. The summed E-state index contributed by atoms with van der Waals surface area (Å²) in [6.45, 7) is 1.05. The van der Waals surface area contributed by atoms with Gasteiger partial charge >= 0.3 is 0 Å². The van der Waals surface area contributed by atoms with Crippen molar-refractivity contribution in [1.82, 2.24) is 4.90 Å².